The summed E-state index contributed by atoms with van der Waals surface area (Å²) >= 11 is 0. The van der Waals surface area contributed by atoms with Crippen molar-refractivity contribution in [2.24, 2.45) is 0 Å². The fourth-order valence-electron chi connectivity index (χ4n) is 1.43. The quantitative estimate of drug-likeness (QED) is 0.609. The summed E-state index contributed by atoms with van der Waals surface area (Å²) in [6.07, 6.45) is -0.703. The van der Waals surface area contributed by atoms with Gasteiger partial charge in [-0.15, -0.1) is 0 Å². The molecule has 4 nitrogen and oxygen atoms in total. The van der Waals surface area contributed by atoms with E-state index < -0.39 is 6.16 Å². The maximum absolute atomic E-state index is 11.3. The summed E-state index contributed by atoms with van der Waals surface area (Å²) in [5, 5.41) is 0. The Hall–Kier alpha value is -1.71. The molecule has 0 atom stereocenters. The normalized spacial score (nSPS) is 10.9. The van der Waals surface area contributed by atoms with E-state index in [0.717, 1.165) is 5.56 Å². The topological polar surface area (TPSA) is 44.8 Å². The SMILES string of the molecule is CCOC(=O)Oc1cc(OC)cc(C(C)(C)C)c1. The maximum atomic E-state index is 11.3. The van der Waals surface area contributed by atoms with Gasteiger partial charge < -0.3 is 14.2 Å². The van der Waals surface area contributed by atoms with E-state index in [1.165, 1.54) is 0 Å². The number of rotatable bonds is 3. The van der Waals surface area contributed by atoms with Crippen molar-refractivity contribution in [3.8, 4) is 11.5 Å². The van der Waals surface area contributed by atoms with Gasteiger partial charge in [0.05, 0.1) is 13.7 Å². The van der Waals surface area contributed by atoms with Crippen LogP contribution in [0.4, 0.5) is 4.79 Å². The van der Waals surface area contributed by atoms with Gasteiger partial charge in [-0.2, -0.15) is 0 Å². The minimum absolute atomic E-state index is 0.0543. The lowest BCUT2D eigenvalue weighted by Gasteiger charge is -2.20. The van der Waals surface area contributed by atoms with E-state index in [0.29, 0.717) is 11.5 Å². The number of benzene rings is 1. The van der Waals surface area contributed by atoms with E-state index in [1.54, 1.807) is 20.1 Å². The van der Waals surface area contributed by atoms with Crippen molar-refractivity contribution in [1.82, 2.24) is 0 Å². The first-order valence-corrected chi connectivity index (χ1v) is 5.91. The lowest BCUT2D eigenvalue weighted by atomic mass is 9.87. The van der Waals surface area contributed by atoms with Crippen LogP contribution >= 0.6 is 0 Å². The van der Waals surface area contributed by atoms with Gasteiger partial charge in [0, 0.05) is 6.07 Å². The molecule has 0 unspecified atom stereocenters. The Morgan fingerprint density at radius 2 is 1.78 bits per heavy atom. The number of carbonyl (C=O) groups is 1. The highest BCUT2D eigenvalue weighted by Gasteiger charge is 2.17. The summed E-state index contributed by atoms with van der Waals surface area (Å²) in [6, 6.07) is 5.41. The standard InChI is InChI=1S/C14H20O4/c1-6-17-13(15)18-12-8-10(14(2,3)4)7-11(9-12)16-5/h7-9H,6H2,1-5H3. The van der Waals surface area contributed by atoms with E-state index in [9.17, 15) is 4.79 Å². The molecule has 0 fully saturated rings. The molecule has 0 aliphatic rings. The minimum atomic E-state index is -0.703. The van der Waals surface area contributed by atoms with E-state index in [2.05, 4.69) is 20.8 Å². The summed E-state index contributed by atoms with van der Waals surface area (Å²) < 4.78 is 15.0. The molecule has 100 valence electrons. The van der Waals surface area contributed by atoms with Crippen LogP contribution in [0.3, 0.4) is 0 Å². The number of methoxy groups -OCH3 is 1. The van der Waals surface area contributed by atoms with Crippen molar-refractivity contribution in [2.45, 2.75) is 33.1 Å². The van der Waals surface area contributed by atoms with Crippen LogP contribution in [0.25, 0.3) is 0 Å². The van der Waals surface area contributed by atoms with Gasteiger partial charge in [-0.05, 0) is 30.0 Å². The minimum Gasteiger partial charge on any atom is -0.497 e. The van der Waals surface area contributed by atoms with Gasteiger partial charge in [0.25, 0.3) is 0 Å². The number of hydrogen-bond acceptors (Lipinski definition) is 4. The molecule has 0 N–H and O–H groups in total. The molecular formula is C14H20O4. The van der Waals surface area contributed by atoms with Gasteiger partial charge in [0.15, 0.2) is 0 Å². The first-order chi connectivity index (χ1) is 8.36. The first kappa shape index (κ1) is 14.4. The molecule has 0 amide bonds. The zero-order chi connectivity index (χ0) is 13.8. The molecule has 0 radical (unpaired) electrons. The summed E-state index contributed by atoms with van der Waals surface area (Å²) in [7, 11) is 1.58. The summed E-state index contributed by atoms with van der Waals surface area (Å²) in [4.78, 5) is 11.3. The second-order valence-electron chi connectivity index (χ2n) is 4.93. The Morgan fingerprint density at radius 1 is 1.17 bits per heavy atom. The van der Waals surface area contributed by atoms with Gasteiger partial charge in [0.1, 0.15) is 11.5 Å². The third-order valence-corrected chi connectivity index (χ3v) is 2.45. The summed E-state index contributed by atoms with van der Waals surface area (Å²) in [5.74, 6) is 1.08. The van der Waals surface area contributed by atoms with Crippen LogP contribution in [0.5, 0.6) is 11.5 Å². The highest BCUT2D eigenvalue weighted by atomic mass is 16.7. The highest BCUT2D eigenvalue weighted by molar-refractivity contribution is 5.64. The third kappa shape index (κ3) is 3.95. The Balaban J connectivity index is 3.01. The Kier molecular flexibility index (Phi) is 4.59. The third-order valence-electron chi connectivity index (χ3n) is 2.45. The Bertz CT molecular complexity index is 418. The van der Waals surface area contributed by atoms with Gasteiger partial charge >= 0.3 is 6.16 Å². The molecule has 0 bridgehead atoms. The van der Waals surface area contributed by atoms with Crippen LogP contribution in [-0.4, -0.2) is 19.9 Å². The largest absolute Gasteiger partial charge is 0.513 e. The van der Waals surface area contributed by atoms with Gasteiger partial charge in [-0.1, -0.05) is 20.8 Å². The second kappa shape index (κ2) is 5.76. The number of hydrogen-bond donors (Lipinski definition) is 0. The van der Waals surface area contributed by atoms with Crippen molar-refractivity contribution < 1.29 is 19.0 Å². The molecule has 1 aromatic carbocycles. The second-order valence-corrected chi connectivity index (χ2v) is 4.93. The first-order valence-electron chi connectivity index (χ1n) is 5.91. The van der Waals surface area contributed by atoms with Crippen LogP contribution in [0, 0.1) is 0 Å². The average Bonchev–Trinajstić information content (AvgIpc) is 2.27. The summed E-state index contributed by atoms with van der Waals surface area (Å²) in [6.45, 7) is 8.25. The molecule has 1 rings (SSSR count). The molecule has 0 saturated heterocycles. The fourth-order valence-corrected chi connectivity index (χ4v) is 1.43. The average molecular weight is 252 g/mol. The molecule has 1 aromatic rings. The van der Waals surface area contributed by atoms with Crippen molar-refractivity contribution >= 4 is 6.16 Å². The molecule has 4 heteroatoms. The lowest BCUT2D eigenvalue weighted by Crippen LogP contribution is -2.13. The number of ether oxygens (including phenoxy) is 3. The lowest BCUT2D eigenvalue weighted by molar-refractivity contribution is 0.104. The molecular weight excluding hydrogens is 232 g/mol. The molecule has 0 heterocycles. The van der Waals surface area contributed by atoms with Gasteiger partial charge in [0.2, 0.25) is 0 Å². The van der Waals surface area contributed by atoms with E-state index in [-0.39, 0.29) is 12.0 Å². The predicted molar refractivity (Wildman–Crippen MR) is 69.3 cm³/mol. The summed E-state index contributed by atoms with van der Waals surface area (Å²) in [5.41, 5.74) is 0.975. The highest BCUT2D eigenvalue weighted by Crippen LogP contribution is 2.30. The fraction of sp³-hybridized carbons (Fsp3) is 0.500. The van der Waals surface area contributed by atoms with Crippen molar-refractivity contribution in [1.29, 1.82) is 0 Å². The molecule has 0 aliphatic heterocycles. The van der Waals surface area contributed by atoms with E-state index >= 15 is 0 Å². The van der Waals surface area contributed by atoms with Gasteiger partial charge in [-0.25, -0.2) is 4.79 Å². The van der Waals surface area contributed by atoms with Crippen LogP contribution in [-0.2, 0) is 10.2 Å². The van der Waals surface area contributed by atoms with E-state index in [4.69, 9.17) is 14.2 Å². The van der Waals surface area contributed by atoms with E-state index in [1.807, 2.05) is 12.1 Å². The molecule has 0 spiro atoms. The number of carbonyl (C=O) groups excluding carboxylic acids is 1. The smallest absolute Gasteiger partial charge is 0.497 e. The molecule has 0 aliphatic carbocycles. The Labute approximate surface area is 108 Å². The van der Waals surface area contributed by atoms with Crippen LogP contribution in [0.15, 0.2) is 18.2 Å². The zero-order valence-corrected chi connectivity index (χ0v) is 11.6. The zero-order valence-electron chi connectivity index (χ0n) is 11.6. The maximum Gasteiger partial charge on any atom is 0.513 e. The van der Waals surface area contributed by atoms with Crippen molar-refractivity contribution in [2.75, 3.05) is 13.7 Å². The monoisotopic (exact) mass is 252 g/mol. The Morgan fingerprint density at radius 3 is 2.28 bits per heavy atom. The van der Waals surface area contributed by atoms with Crippen molar-refractivity contribution in [3.05, 3.63) is 23.8 Å². The van der Waals surface area contributed by atoms with Gasteiger partial charge in [-0.3, -0.25) is 0 Å². The molecule has 0 saturated carbocycles. The predicted octanol–water partition coefficient (Wildman–Crippen LogP) is 3.53. The van der Waals surface area contributed by atoms with Crippen LogP contribution < -0.4 is 9.47 Å². The van der Waals surface area contributed by atoms with Crippen LogP contribution in [0.1, 0.15) is 33.3 Å². The van der Waals surface area contributed by atoms with Crippen molar-refractivity contribution in [3.63, 3.8) is 0 Å². The molecule has 0 aromatic heterocycles. The van der Waals surface area contributed by atoms with Crippen LogP contribution in [0.2, 0.25) is 0 Å². The molecule has 18 heavy (non-hydrogen) atoms.